The van der Waals surface area contributed by atoms with Crippen LogP contribution in [0.2, 0.25) is 0 Å². The highest BCUT2D eigenvalue weighted by atomic mass is 32.1. The van der Waals surface area contributed by atoms with Crippen LogP contribution in [0.3, 0.4) is 0 Å². The summed E-state index contributed by atoms with van der Waals surface area (Å²) in [5, 5.41) is 4.72. The largest absolute Gasteiger partial charge is 0.308 e. The van der Waals surface area contributed by atoms with E-state index in [-0.39, 0.29) is 0 Å². The fourth-order valence-corrected chi connectivity index (χ4v) is 9.42. The lowest BCUT2D eigenvalue weighted by molar-refractivity contribution is 1.06. The maximum atomic E-state index is 7.54. The minimum absolute atomic E-state index is 0.591. The van der Waals surface area contributed by atoms with Gasteiger partial charge in [0, 0.05) is 42.2 Å². The first-order valence-electron chi connectivity index (χ1n) is 19.1. The number of fused-ring (bicyclic) bond motifs is 6. The molecule has 0 atom stereocenters. The monoisotopic (exact) mass is 757 g/mol. The van der Waals surface area contributed by atoms with Crippen LogP contribution in [-0.4, -0.2) is 19.5 Å². The Kier molecular flexibility index (Phi) is 7.99. The van der Waals surface area contributed by atoms with Gasteiger partial charge in [0.25, 0.3) is 0 Å². The second-order valence-electron chi connectivity index (χ2n) is 14.3. The first kappa shape index (κ1) is 33.6. The van der Waals surface area contributed by atoms with E-state index < -0.39 is 0 Å². The van der Waals surface area contributed by atoms with Crippen molar-refractivity contribution in [3.05, 3.63) is 199 Å². The maximum absolute atomic E-state index is 7.54. The molecule has 270 valence electrons. The summed E-state index contributed by atoms with van der Waals surface area (Å²) in [6, 6.07) is 65.3. The Balaban J connectivity index is 1.14. The quantitative estimate of drug-likeness (QED) is 0.159. The third kappa shape index (κ3) is 5.64. The fraction of sp³-hybridized carbons (Fsp3) is 0. The fourth-order valence-electron chi connectivity index (χ4n) is 8.15. The lowest BCUT2D eigenvalue weighted by Gasteiger charge is -2.16. The minimum atomic E-state index is 0.591. The van der Waals surface area contributed by atoms with Crippen molar-refractivity contribution >= 4 is 59.0 Å². The number of aromatic nitrogens is 4. The van der Waals surface area contributed by atoms with E-state index in [2.05, 4.69) is 149 Å². The van der Waals surface area contributed by atoms with Crippen molar-refractivity contribution in [3.8, 4) is 62.1 Å². The molecule has 0 bridgehead atoms. The summed E-state index contributed by atoms with van der Waals surface area (Å²) in [6.07, 6.45) is 0. The van der Waals surface area contributed by atoms with Crippen LogP contribution in [0.15, 0.2) is 188 Å². The molecule has 0 aliphatic rings. The SMILES string of the molecule is [C-]#[N+]c1ccc2c(c1)sc1c(-c3cccc(-c4nc(-c5ccccc5)nc(-c5ccc(-c6ccccc6)cc5-n5c6ccccc6c6ccccc65)n4)c3)cccc12. The van der Waals surface area contributed by atoms with Gasteiger partial charge in [-0.15, -0.1) is 11.3 Å². The highest BCUT2D eigenvalue weighted by Crippen LogP contribution is 2.42. The predicted octanol–water partition coefficient (Wildman–Crippen LogP) is 14.2. The van der Waals surface area contributed by atoms with Crippen LogP contribution in [0.25, 0.3) is 109 Å². The summed E-state index contributed by atoms with van der Waals surface area (Å²) in [7, 11) is 0. The molecule has 3 heterocycles. The van der Waals surface area contributed by atoms with Gasteiger partial charge < -0.3 is 4.57 Å². The third-order valence-corrected chi connectivity index (χ3v) is 12.1. The minimum Gasteiger partial charge on any atom is -0.308 e. The smallest absolute Gasteiger partial charge is 0.188 e. The summed E-state index contributed by atoms with van der Waals surface area (Å²) in [5.41, 5.74) is 11.0. The molecule has 0 N–H and O–H groups in total. The molecule has 0 aliphatic carbocycles. The molecule has 0 amide bonds. The number of hydrogen-bond acceptors (Lipinski definition) is 4. The molecule has 0 radical (unpaired) electrons. The molecule has 58 heavy (non-hydrogen) atoms. The molecular weight excluding hydrogens is 727 g/mol. The molecule has 3 aromatic heterocycles. The molecule has 0 spiro atoms. The molecule has 6 heteroatoms. The Morgan fingerprint density at radius 2 is 1.02 bits per heavy atom. The summed E-state index contributed by atoms with van der Waals surface area (Å²) in [4.78, 5) is 19.4. The Morgan fingerprint density at radius 1 is 0.414 bits per heavy atom. The Hall–Kier alpha value is -7.72. The van der Waals surface area contributed by atoms with E-state index in [1.165, 1.54) is 20.9 Å². The van der Waals surface area contributed by atoms with Crippen LogP contribution < -0.4 is 0 Å². The second-order valence-corrected chi connectivity index (χ2v) is 15.3. The zero-order valence-electron chi connectivity index (χ0n) is 31.0. The molecular formula is C52H31N5S. The maximum Gasteiger partial charge on any atom is 0.188 e. The average molecular weight is 758 g/mol. The van der Waals surface area contributed by atoms with E-state index in [0.717, 1.165) is 65.8 Å². The number of nitrogens with zero attached hydrogens (tertiary/aromatic N) is 5. The lowest BCUT2D eigenvalue weighted by atomic mass is 10.00. The van der Waals surface area contributed by atoms with Crippen LogP contribution in [0.4, 0.5) is 5.69 Å². The molecule has 0 aliphatic heterocycles. The zero-order chi connectivity index (χ0) is 38.6. The highest BCUT2D eigenvalue weighted by molar-refractivity contribution is 7.26. The van der Waals surface area contributed by atoms with Gasteiger partial charge in [0.1, 0.15) is 0 Å². The first-order chi connectivity index (χ1) is 28.7. The van der Waals surface area contributed by atoms with Gasteiger partial charge in [0.2, 0.25) is 0 Å². The van der Waals surface area contributed by atoms with Crippen LogP contribution >= 0.6 is 11.3 Å². The Bertz CT molecular complexity index is 3360. The molecule has 0 unspecified atom stereocenters. The number of thiophene rings is 1. The van der Waals surface area contributed by atoms with Gasteiger partial charge >= 0.3 is 0 Å². The van der Waals surface area contributed by atoms with Crippen LogP contribution in [0.5, 0.6) is 0 Å². The predicted molar refractivity (Wildman–Crippen MR) is 240 cm³/mol. The van der Waals surface area contributed by atoms with Gasteiger partial charge in [0.15, 0.2) is 23.2 Å². The van der Waals surface area contributed by atoms with Crippen LogP contribution in [-0.2, 0) is 0 Å². The molecule has 5 nitrogen and oxygen atoms in total. The average Bonchev–Trinajstić information content (AvgIpc) is 3.85. The van der Waals surface area contributed by atoms with Crippen molar-refractivity contribution in [2.24, 2.45) is 0 Å². The Morgan fingerprint density at radius 3 is 1.76 bits per heavy atom. The van der Waals surface area contributed by atoms with Gasteiger partial charge in [-0.25, -0.2) is 19.8 Å². The van der Waals surface area contributed by atoms with E-state index in [4.69, 9.17) is 21.5 Å². The molecule has 0 saturated heterocycles. The zero-order valence-corrected chi connectivity index (χ0v) is 31.9. The normalized spacial score (nSPS) is 11.4. The highest BCUT2D eigenvalue weighted by Gasteiger charge is 2.21. The van der Waals surface area contributed by atoms with Crippen molar-refractivity contribution in [3.63, 3.8) is 0 Å². The van der Waals surface area contributed by atoms with E-state index in [1.807, 2.05) is 48.5 Å². The molecule has 0 saturated carbocycles. The molecule has 0 fully saturated rings. The summed E-state index contributed by atoms with van der Waals surface area (Å²) >= 11 is 1.73. The number of benzene rings is 8. The molecule has 11 rings (SSSR count). The van der Waals surface area contributed by atoms with Crippen molar-refractivity contribution in [1.29, 1.82) is 0 Å². The van der Waals surface area contributed by atoms with Gasteiger partial charge in [-0.3, -0.25) is 0 Å². The molecule has 8 aromatic carbocycles. The van der Waals surface area contributed by atoms with E-state index in [9.17, 15) is 0 Å². The summed E-state index contributed by atoms with van der Waals surface area (Å²) < 4.78 is 4.65. The van der Waals surface area contributed by atoms with Crippen molar-refractivity contribution < 1.29 is 0 Å². The van der Waals surface area contributed by atoms with Gasteiger partial charge in [-0.05, 0) is 64.0 Å². The lowest BCUT2D eigenvalue weighted by Crippen LogP contribution is -2.04. The summed E-state index contributed by atoms with van der Waals surface area (Å²) in [5.74, 6) is 1.79. The van der Waals surface area contributed by atoms with Crippen LogP contribution in [0, 0.1) is 6.57 Å². The van der Waals surface area contributed by atoms with Crippen LogP contribution in [0.1, 0.15) is 0 Å². The Labute approximate surface area is 338 Å². The van der Waals surface area contributed by atoms with Crippen molar-refractivity contribution in [1.82, 2.24) is 19.5 Å². The number of hydrogen-bond donors (Lipinski definition) is 0. The van der Waals surface area contributed by atoms with Gasteiger partial charge in [0.05, 0.1) is 23.3 Å². The second kappa shape index (κ2) is 13.8. The van der Waals surface area contributed by atoms with Crippen molar-refractivity contribution in [2.45, 2.75) is 0 Å². The standard InChI is InChI=1S/C52H31N5S/c1-53-38-27-29-42-43-23-13-22-39(49(43)58-48(42)32-38)36-18-12-19-37(30-36)51-54-50(34-16-6-3-7-17-34)55-52(56-51)44-28-26-35(33-14-4-2-5-15-33)31-47(44)57-45-24-10-8-20-40(45)41-21-9-11-25-46(41)57/h2-32H. The van der Waals surface area contributed by atoms with Crippen molar-refractivity contribution in [2.75, 3.05) is 0 Å². The van der Waals surface area contributed by atoms with E-state index in [1.54, 1.807) is 11.3 Å². The van der Waals surface area contributed by atoms with E-state index in [0.29, 0.717) is 23.2 Å². The van der Waals surface area contributed by atoms with Gasteiger partial charge in [-0.2, -0.15) is 0 Å². The van der Waals surface area contributed by atoms with Gasteiger partial charge in [-0.1, -0.05) is 152 Å². The molecule has 11 aromatic rings. The third-order valence-electron chi connectivity index (χ3n) is 10.9. The number of para-hydroxylation sites is 2. The number of rotatable bonds is 6. The summed E-state index contributed by atoms with van der Waals surface area (Å²) in [6.45, 7) is 7.54. The topological polar surface area (TPSA) is 48.0 Å². The first-order valence-corrected chi connectivity index (χ1v) is 20.0. The van der Waals surface area contributed by atoms with E-state index >= 15 is 0 Å².